The molecule has 0 aromatic heterocycles. The first-order valence-corrected chi connectivity index (χ1v) is 8.69. The molecular weight excluding hydrogens is 272 g/mol. The van der Waals surface area contributed by atoms with Crippen LogP contribution in [0.5, 0.6) is 0 Å². The summed E-state index contributed by atoms with van der Waals surface area (Å²) >= 11 is 7.65. The summed E-state index contributed by atoms with van der Waals surface area (Å²) in [6.07, 6.45) is 14.2. The molecule has 1 saturated heterocycles. The van der Waals surface area contributed by atoms with E-state index in [9.17, 15) is 0 Å². The van der Waals surface area contributed by atoms with Crippen LogP contribution in [0, 0.1) is 0 Å². The topological polar surface area (TPSA) is 38.0 Å². The Morgan fingerprint density at radius 2 is 1.26 bits per heavy atom. The predicted octanol–water partition coefficient (Wildman–Crippen LogP) is 4.68. The molecule has 0 amide bonds. The standard InChI is InChI=1S/C10H22.C4H9N.CH3NS2/c1-3-5-7-9-10-8-6-4-2;1-2-4-5-3-1;2-1(3)4/h3-10H2,1-2H3;5H,1-4H2;(H3,2,3,4). The molecule has 1 aliphatic rings. The number of hydrogen-bond acceptors (Lipinski definition) is 2. The van der Waals surface area contributed by atoms with Crippen molar-refractivity contribution in [2.24, 2.45) is 5.73 Å². The Morgan fingerprint density at radius 1 is 0.947 bits per heavy atom. The molecule has 0 bridgehead atoms. The summed E-state index contributed by atoms with van der Waals surface area (Å²) in [4.78, 5) is 0. The van der Waals surface area contributed by atoms with Gasteiger partial charge in [-0.3, -0.25) is 0 Å². The summed E-state index contributed by atoms with van der Waals surface area (Å²) in [5.74, 6) is 0. The van der Waals surface area contributed by atoms with Gasteiger partial charge in [0.15, 0.2) is 0 Å². The quantitative estimate of drug-likeness (QED) is 0.363. The Morgan fingerprint density at radius 3 is 1.47 bits per heavy atom. The molecule has 0 spiro atoms. The Kier molecular flexibility index (Phi) is 23.2. The SMILES string of the molecule is C1CCNC1.CCCCCCCCCC.NC(=S)S. The van der Waals surface area contributed by atoms with E-state index in [0.717, 1.165) is 0 Å². The average molecular weight is 307 g/mol. The third kappa shape index (κ3) is 32.1. The fourth-order valence-electron chi connectivity index (χ4n) is 1.83. The molecule has 1 aliphatic heterocycles. The van der Waals surface area contributed by atoms with E-state index >= 15 is 0 Å². The molecule has 19 heavy (non-hydrogen) atoms. The molecule has 4 heteroatoms. The van der Waals surface area contributed by atoms with E-state index in [2.05, 4.69) is 44.0 Å². The minimum Gasteiger partial charge on any atom is -0.385 e. The van der Waals surface area contributed by atoms with Crippen molar-refractivity contribution in [1.29, 1.82) is 0 Å². The largest absolute Gasteiger partial charge is 0.385 e. The molecule has 0 saturated carbocycles. The number of rotatable bonds is 7. The lowest BCUT2D eigenvalue weighted by molar-refractivity contribution is 0.585. The maximum Gasteiger partial charge on any atom is 0.128 e. The van der Waals surface area contributed by atoms with Crippen LogP contribution in [0.3, 0.4) is 0 Å². The smallest absolute Gasteiger partial charge is 0.128 e. The fourth-order valence-corrected chi connectivity index (χ4v) is 1.83. The van der Waals surface area contributed by atoms with Gasteiger partial charge in [-0.25, -0.2) is 0 Å². The molecule has 0 atom stereocenters. The molecule has 0 radical (unpaired) electrons. The van der Waals surface area contributed by atoms with Gasteiger partial charge in [-0.1, -0.05) is 77.4 Å². The van der Waals surface area contributed by atoms with Crippen LogP contribution in [-0.4, -0.2) is 17.4 Å². The Balaban J connectivity index is 0. The maximum absolute atomic E-state index is 4.71. The molecule has 1 fully saturated rings. The number of unbranched alkanes of at least 4 members (excludes halogenated alkanes) is 7. The van der Waals surface area contributed by atoms with Gasteiger partial charge in [0.25, 0.3) is 0 Å². The number of thiocarbonyl (C=S) groups is 1. The molecule has 0 aromatic carbocycles. The van der Waals surface area contributed by atoms with Crippen molar-refractivity contribution < 1.29 is 0 Å². The molecule has 1 rings (SSSR count). The Bertz CT molecular complexity index is 152. The monoisotopic (exact) mass is 306 g/mol. The van der Waals surface area contributed by atoms with Gasteiger partial charge >= 0.3 is 0 Å². The van der Waals surface area contributed by atoms with Gasteiger partial charge in [-0.2, -0.15) is 0 Å². The highest BCUT2D eigenvalue weighted by atomic mass is 32.1. The Hall–Kier alpha value is 0.200. The molecule has 0 aliphatic carbocycles. The zero-order valence-electron chi connectivity index (χ0n) is 12.9. The van der Waals surface area contributed by atoms with Gasteiger partial charge in [0.2, 0.25) is 0 Å². The van der Waals surface area contributed by atoms with Gasteiger partial charge in [-0.15, -0.1) is 12.6 Å². The van der Waals surface area contributed by atoms with Crippen LogP contribution in [0.25, 0.3) is 0 Å². The summed E-state index contributed by atoms with van der Waals surface area (Å²) in [5.41, 5.74) is 4.71. The third-order valence-electron chi connectivity index (χ3n) is 2.91. The zero-order valence-corrected chi connectivity index (χ0v) is 14.6. The average Bonchev–Trinajstić information content (AvgIpc) is 2.92. The summed E-state index contributed by atoms with van der Waals surface area (Å²) in [5, 5.41) is 3.22. The first kappa shape index (κ1) is 21.5. The van der Waals surface area contributed by atoms with Crippen molar-refractivity contribution in [2.75, 3.05) is 13.1 Å². The molecule has 1 heterocycles. The van der Waals surface area contributed by atoms with Crippen molar-refractivity contribution >= 4 is 29.2 Å². The molecule has 0 unspecified atom stereocenters. The third-order valence-corrected chi connectivity index (χ3v) is 2.91. The van der Waals surface area contributed by atoms with Crippen LogP contribution < -0.4 is 11.1 Å². The van der Waals surface area contributed by atoms with Crippen LogP contribution in [0.2, 0.25) is 0 Å². The first-order valence-electron chi connectivity index (χ1n) is 7.84. The van der Waals surface area contributed by atoms with E-state index in [1.54, 1.807) is 0 Å². The highest BCUT2D eigenvalue weighted by molar-refractivity contribution is 8.10. The van der Waals surface area contributed by atoms with Gasteiger partial charge in [-0.05, 0) is 25.9 Å². The van der Waals surface area contributed by atoms with E-state index in [0.29, 0.717) is 0 Å². The Labute approximate surface area is 131 Å². The zero-order chi connectivity index (χ0) is 14.8. The highest BCUT2D eigenvalue weighted by Gasteiger charge is 1.93. The molecule has 0 aromatic rings. The summed E-state index contributed by atoms with van der Waals surface area (Å²) in [7, 11) is 0. The van der Waals surface area contributed by atoms with Gasteiger partial charge in [0, 0.05) is 0 Å². The van der Waals surface area contributed by atoms with Crippen LogP contribution in [0.1, 0.15) is 78.1 Å². The van der Waals surface area contributed by atoms with Crippen molar-refractivity contribution in [1.82, 2.24) is 5.32 Å². The second-order valence-electron chi connectivity index (χ2n) is 4.92. The van der Waals surface area contributed by atoms with E-state index < -0.39 is 0 Å². The highest BCUT2D eigenvalue weighted by Crippen LogP contribution is 2.07. The van der Waals surface area contributed by atoms with Gasteiger partial charge in [0.05, 0.1) is 0 Å². The van der Waals surface area contributed by atoms with Crippen molar-refractivity contribution in [3.05, 3.63) is 0 Å². The van der Waals surface area contributed by atoms with Crippen molar-refractivity contribution in [2.45, 2.75) is 78.1 Å². The number of hydrogen-bond donors (Lipinski definition) is 3. The number of nitrogens with one attached hydrogen (secondary N) is 1. The summed E-state index contributed by atoms with van der Waals surface area (Å²) in [6.45, 7) is 7.04. The summed E-state index contributed by atoms with van der Waals surface area (Å²) in [6, 6.07) is 0. The van der Waals surface area contributed by atoms with Crippen LogP contribution >= 0.6 is 24.8 Å². The van der Waals surface area contributed by atoms with Crippen LogP contribution in [0.4, 0.5) is 0 Å². The van der Waals surface area contributed by atoms with Crippen molar-refractivity contribution in [3.63, 3.8) is 0 Å². The normalized spacial score (nSPS) is 13.0. The minimum absolute atomic E-state index is 0.194. The van der Waals surface area contributed by atoms with Gasteiger partial charge in [0.1, 0.15) is 4.32 Å². The number of nitrogens with two attached hydrogens (primary N) is 1. The lowest BCUT2D eigenvalue weighted by Gasteiger charge is -1.97. The van der Waals surface area contributed by atoms with E-state index in [-0.39, 0.29) is 4.32 Å². The maximum atomic E-state index is 4.71. The van der Waals surface area contributed by atoms with E-state index in [4.69, 9.17) is 5.73 Å². The molecular formula is C15H34N2S2. The van der Waals surface area contributed by atoms with Gasteiger partial charge < -0.3 is 11.1 Å². The van der Waals surface area contributed by atoms with E-state index in [1.165, 1.54) is 77.3 Å². The molecule has 2 nitrogen and oxygen atoms in total. The second kappa shape index (κ2) is 20.5. The predicted molar refractivity (Wildman–Crippen MR) is 96.2 cm³/mol. The summed E-state index contributed by atoms with van der Waals surface area (Å²) < 4.78 is 0.194. The molecule has 116 valence electrons. The van der Waals surface area contributed by atoms with E-state index in [1.807, 2.05) is 0 Å². The van der Waals surface area contributed by atoms with Crippen molar-refractivity contribution in [3.8, 4) is 0 Å². The van der Waals surface area contributed by atoms with Crippen LogP contribution in [0.15, 0.2) is 0 Å². The first-order chi connectivity index (χ1) is 9.15. The minimum atomic E-state index is 0.194. The van der Waals surface area contributed by atoms with Crippen LogP contribution in [-0.2, 0) is 0 Å². The fraction of sp³-hybridized carbons (Fsp3) is 0.933. The number of thiol groups is 1. The molecule has 3 N–H and O–H groups in total. The second-order valence-corrected chi connectivity index (χ2v) is 6.14. The lowest BCUT2D eigenvalue weighted by Crippen LogP contribution is -2.03. The lowest BCUT2D eigenvalue weighted by atomic mass is 10.1.